The van der Waals surface area contributed by atoms with Crippen molar-refractivity contribution in [3.63, 3.8) is 0 Å². The largest absolute Gasteiger partial charge is 0.459 e. The van der Waals surface area contributed by atoms with Gasteiger partial charge in [0.1, 0.15) is 11.9 Å². The summed E-state index contributed by atoms with van der Waals surface area (Å²) in [7, 11) is -5.85. The minimum atomic E-state index is -5.85. The number of carbonyl (C=O) groups excluding carboxylic acids is 4. The minimum absolute atomic E-state index is 0.151. The summed E-state index contributed by atoms with van der Waals surface area (Å²) in [5.41, 5.74) is -0.779. The van der Waals surface area contributed by atoms with Crippen molar-refractivity contribution in [2.45, 2.75) is 88.8 Å². The Morgan fingerprint density at radius 2 is 1.67 bits per heavy atom. The molecule has 9 unspecified atom stereocenters. The second kappa shape index (κ2) is 8.43. The monoisotopic (exact) mass is 573 g/mol. The Morgan fingerprint density at radius 1 is 1.05 bits per heavy atom. The number of halogens is 2. The fourth-order valence-electron chi connectivity index (χ4n) is 9.20. The molecular weight excluding hydrogens is 540 g/mol. The quantitative estimate of drug-likeness (QED) is 0.358. The fraction of sp³-hybridized carbons (Fsp3) is 0.846. The van der Waals surface area contributed by atoms with Gasteiger partial charge in [0.05, 0.1) is 23.3 Å². The maximum absolute atomic E-state index is 14.1. The maximum Gasteiger partial charge on any atom is 0.405 e. The van der Waals surface area contributed by atoms with Crippen LogP contribution >= 0.6 is 0 Å². The molecule has 1 N–H and O–H groups in total. The molecule has 9 atom stereocenters. The van der Waals surface area contributed by atoms with Crippen molar-refractivity contribution in [2.75, 3.05) is 0 Å². The average Bonchev–Trinajstić information content (AvgIpc) is 3.44. The summed E-state index contributed by atoms with van der Waals surface area (Å²) in [5.74, 6) is -4.82. The number of hydrogen-bond donors (Lipinski definition) is 1. The van der Waals surface area contributed by atoms with E-state index >= 15 is 0 Å². The van der Waals surface area contributed by atoms with Gasteiger partial charge in [0.15, 0.2) is 6.10 Å². The molecule has 0 spiro atoms. The van der Waals surface area contributed by atoms with Crippen LogP contribution in [0.1, 0.15) is 59.3 Å². The number of rotatable bonds is 7. The standard InChI is InChI=1S/C26H33F2NO9S/c1-10(2)29-19-15-6-16(18(17(15)22(29)31)23(32)37-11(3)26(27,28)39(34,35)36)21(19)38-24(33)25-7-12-4-13(8-25)20(30)14(5-12)9-25/h10-19,21H,4-9H2,1-3H3,(H,34,35,36). The summed E-state index contributed by atoms with van der Waals surface area (Å²) in [6, 6.07) is -0.739. The van der Waals surface area contributed by atoms with Crippen molar-refractivity contribution in [1.82, 2.24) is 4.90 Å². The van der Waals surface area contributed by atoms with Crippen LogP contribution < -0.4 is 0 Å². The Balaban J connectivity index is 1.27. The topological polar surface area (TPSA) is 144 Å². The van der Waals surface area contributed by atoms with Crippen molar-refractivity contribution in [3.8, 4) is 0 Å². The molecule has 1 amide bonds. The van der Waals surface area contributed by atoms with Gasteiger partial charge in [-0.2, -0.15) is 17.2 Å². The predicted octanol–water partition coefficient (Wildman–Crippen LogP) is 2.21. The molecule has 1 aliphatic heterocycles. The summed E-state index contributed by atoms with van der Waals surface area (Å²) in [4.78, 5) is 54.8. The number of hydrogen-bond acceptors (Lipinski definition) is 8. The van der Waals surface area contributed by atoms with E-state index in [9.17, 15) is 36.4 Å². The lowest BCUT2D eigenvalue weighted by molar-refractivity contribution is -0.187. The number of fused-ring (bicyclic) bond motifs is 1. The van der Waals surface area contributed by atoms with Gasteiger partial charge in [-0.1, -0.05) is 0 Å². The van der Waals surface area contributed by atoms with E-state index in [1.165, 1.54) is 0 Å². The fourth-order valence-corrected chi connectivity index (χ4v) is 9.67. The third-order valence-corrected chi connectivity index (χ3v) is 11.5. The first-order valence-electron chi connectivity index (χ1n) is 13.7. The highest BCUT2D eigenvalue weighted by molar-refractivity contribution is 7.86. The normalized spacial score (nSPS) is 42.9. The van der Waals surface area contributed by atoms with E-state index < -0.39 is 68.7 Å². The Kier molecular flexibility index (Phi) is 5.85. The highest BCUT2D eigenvalue weighted by atomic mass is 32.2. The molecule has 0 aromatic heterocycles. The van der Waals surface area contributed by atoms with Crippen molar-refractivity contribution in [1.29, 1.82) is 0 Å². The van der Waals surface area contributed by atoms with Crippen molar-refractivity contribution < 1.29 is 50.4 Å². The lowest BCUT2D eigenvalue weighted by atomic mass is 9.49. The van der Waals surface area contributed by atoms with Crippen LogP contribution in [-0.4, -0.2) is 71.0 Å². The van der Waals surface area contributed by atoms with E-state index in [4.69, 9.17) is 14.0 Å². The number of amides is 1. The molecule has 1 heterocycles. The van der Waals surface area contributed by atoms with E-state index in [-0.39, 0.29) is 41.4 Å². The lowest BCUT2D eigenvalue weighted by Crippen LogP contribution is -2.56. The summed E-state index contributed by atoms with van der Waals surface area (Å²) >= 11 is 0. The summed E-state index contributed by atoms with van der Waals surface area (Å²) in [6.07, 6.45) is 0.0887. The minimum Gasteiger partial charge on any atom is -0.459 e. The molecule has 39 heavy (non-hydrogen) atoms. The Labute approximate surface area is 224 Å². The van der Waals surface area contributed by atoms with Crippen molar-refractivity contribution >= 4 is 33.7 Å². The van der Waals surface area contributed by atoms with Gasteiger partial charge < -0.3 is 14.4 Å². The number of ether oxygens (including phenoxy) is 2. The molecule has 216 valence electrons. The molecule has 13 heteroatoms. The van der Waals surface area contributed by atoms with Crippen molar-refractivity contribution in [2.24, 2.45) is 46.8 Å². The maximum atomic E-state index is 14.1. The predicted molar refractivity (Wildman–Crippen MR) is 127 cm³/mol. The van der Waals surface area contributed by atoms with Gasteiger partial charge in [0, 0.05) is 23.8 Å². The molecule has 0 aromatic carbocycles. The molecule has 6 bridgehead atoms. The van der Waals surface area contributed by atoms with Crippen LogP contribution in [0.25, 0.3) is 0 Å². The molecule has 7 aliphatic rings. The first kappa shape index (κ1) is 27.0. The summed E-state index contributed by atoms with van der Waals surface area (Å²) in [6.45, 7) is 4.27. The van der Waals surface area contributed by atoms with Crippen LogP contribution in [0.15, 0.2) is 0 Å². The molecular formula is C26H33F2NO9S. The van der Waals surface area contributed by atoms with Crippen LogP contribution in [0.3, 0.4) is 0 Å². The Hall–Kier alpha value is -2.15. The number of Topliss-reactive ketones (excluding diaryl/α,β-unsaturated/α-hetero) is 1. The van der Waals surface area contributed by atoms with Crippen LogP contribution in [0, 0.1) is 46.8 Å². The number of esters is 2. The highest BCUT2D eigenvalue weighted by Crippen LogP contribution is 2.63. The lowest BCUT2D eigenvalue weighted by Gasteiger charge is -2.54. The van der Waals surface area contributed by atoms with Crippen LogP contribution in [0.2, 0.25) is 0 Å². The number of carbonyl (C=O) groups is 4. The molecule has 10 nitrogen and oxygen atoms in total. The van der Waals surface area contributed by atoms with E-state index in [1.807, 2.05) is 13.8 Å². The highest BCUT2D eigenvalue weighted by Gasteiger charge is 2.72. The van der Waals surface area contributed by atoms with Crippen LogP contribution in [-0.2, 0) is 38.8 Å². The van der Waals surface area contributed by atoms with E-state index in [0.29, 0.717) is 32.6 Å². The number of nitrogens with zero attached hydrogens (tertiary/aromatic N) is 1. The third-order valence-electron chi connectivity index (χ3n) is 10.5. The Bertz CT molecular complexity index is 1230. The molecule has 7 rings (SSSR count). The van der Waals surface area contributed by atoms with E-state index in [1.54, 1.807) is 4.90 Å². The molecule has 1 saturated heterocycles. The summed E-state index contributed by atoms with van der Waals surface area (Å²) < 4.78 is 70.6. The van der Waals surface area contributed by atoms with Crippen LogP contribution in [0.5, 0.6) is 0 Å². The van der Waals surface area contributed by atoms with E-state index in [0.717, 1.165) is 12.8 Å². The first-order chi connectivity index (χ1) is 18.1. The Morgan fingerprint density at radius 3 is 2.23 bits per heavy atom. The van der Waals surface area contributed by atoms with Gasteiger partial charge in [-0.3, -0.25) is 23.7 Å². The number of ketones is 1. The molecule has 0 radical (unpaired) electrons. The number of alkyl halides is 2. The van der Waals surface area contributed by atoms with Gasteiger partial charge in [-0.25, -0.2) is 0 Å². The smallest absolute Gasteiger partial charge is 0.405 e. The molecule has 7 fully saturated rings. The van der Waals surface area contributed by atoms with Gasteiger partial charge in [0.2, 0.25) is 5.91 Å². The molecule has 0 aromatic rings. The van der Waals surface area contributed by atoms with Crippen LogP contribution in [0.4, 0.5) is 8.78 Å². The zero-order valence-electron chi connectivity index (χ0n) is 21.9. The summed E-state index contributed by atoms with van der Waals surface area (Å²) in [5, 5.41) is -4.74. The molecule has 6 saturated carbocycles. The second-order valence-corrected chi connectivity index (χ2v) is 14.5. The van der Waals surface area contributed by atoms with Crippen molar-refractivity contribution in [3.05, 3.63) is 0 Å². The second-order valence-electron chi connectivity index (χ2n) is 13.0. The van der Waals surface area contributed by atoms with Gasteiger partial charge in [-0.15, -0.1) is 0 Å². The first-order valence-corrected chi connectivity index (χ1v) is 15.1. The zero-order valence-corrected chi connectivity index (χ0v) is 22.7. The SMILES string of the molecule is CC(C)N1C(=O)C2C3CC(C(OC(=O)C45CC6CC(C4)C(=O)C(C6)C5)C31)C2C(=O)OC(C)C(F)(F)S(=O)(=O)O. The molecule has 6 aliphatic carbocycles. The van der Waals surface area contributed by atoms with Gasteiger partial charge in [0.25, 0.3) is 0 Å². The zero-order chi connectivity index (χ0) is 28.4. The third kappa shape index (κ3) is 3.67. The van der Waals surface area contributed by atoms with Gasteiger partial charge >= 0.3 is 27.3 Å². The number of likely N-dealkylation sites (tertiary alicyclic amines) is 1. The van der Waals surface area contributed by atoms with Gasteiger partial charge in [-0.05, 0) is 71.1 Å². The average molecular weight is 574 g/mol. The van der Waals surface area contributed by atoms with E-state index in [2.05, 4.69) is 0 Å².